The topological polar surface area (TPSA) is 27.7 Å². The molecule has 0 spiro atoms. The summed E-state index contributed by atoms with van der Waals surface area (Å²) in [5, 5.41) is 3.49. The van der Waals surface area contributed by atoms with Crippen molar-refractivity contribution in [1.82, 2.24) is 15.1 Å². The van der Waals surface area contributed by atoms with Crippen LogP contribution in [0.15, 0.2) is 0 Å². The van der Waals surface area contributed by atoms with Crippen LogP contribution in [0.5, 0.6) is 0 Å². The quantitative estimate of drug-likeness (QED) is 0.837. The molecule has 1 N–H and O–H groups in total. The zero-order chi connectivity index (χ0) is 13.8. The number of rotatable bonds is 4. The Morgan fingerprint density at radius 3 is 2.50 bits per heavy atom. The highest BCUT2D eigenvalue weighted by atomic mass is 16.5. The zero-order valence-corrected chi connectivity index (χ0v) is 13.0. The van der Waals surface area contributed by atoms with E-state index >= 15 is 0 Å². The monoisotopic (exact) mass is 281 g/mol. The van der Waals surface area contributed by atoms with Crippen molar-refractivity contribution >= 4 is 0 Å². The van der Waals surface area contributed by atoms with Crippen molar-refractivity contribution in [2.45, 2.75) is 44.2 Å². The van der Waals surface area contributed by atoms with Gasteiger partial charge in [0.25, 0.3) is 0 Å². The van der Waals surface area contributed by atoms with Gasteiger partial charge in [0.1, 0.15) is 0 Å². The van der Waals surface area contributed by atoms with Crippen LogP contribution in [-0.4, -0.2) is 74.9 Å². The molecule has 0 bridgehead atoms. The lowest BCUT2D eigenvalue weighted by molar-refractivity contribution is -0.0146. The van der Waals surface area contributed by atoms with E-state index in [0.717, 1.165) is 25.6 Å². The molecule has 3 rings (SSSR count). The lowest BCUT2D eigenvalue weighted by Crippen LogP contribution is -2.56. The molecule has 0 radical (unpaired) electrons. The SMILES string of the molecule is CNC1CCOCC1N1CCC(CN2CCCC2)CC1. The van der Waals surface area contributed by atoms with Crippen LogP contribution in [0.1, 0.15) is 32.1 Å². The van der Waals surface area contributed by atoms with Crippen molar-refractivity contribution in [3.63, 3.8) is 0 Å². The predicted molar refractivity (Wildman–Crippen MR) is 82.0 cm³/mol. The van der Waals surface area contributed by atoms with Gasteiger partial charge in [-0.3, -0.25) is 4.90 Å². The number of nitrogens with one attached hydrogen (secondary N) is 1. The van der Waals surface area contributed by atoms with E-state index in [1.165, 1.54) is 58.4 Å². The molecule has 2 atom stereocenters. The van der Waals surface area contributed by atoms with E-state index in [1.54, 1.807) is 0 Å². The van der Waals surface area contributed by atoms with Crippen molar-refractivity contribution in [2.24, 2.45) is 5.92 Å². The lowest BCUT2D eigenvalue weighted by atomic mass is 9.93. The van der Waals surface area contributed by atoms with Crippen LogP contribution in [-0.2, 0) is 4.74 Å². The maximum Gasteiger partial charge on any atom is 0.0637 e. The van der Waals surface area contributed by atoms with Crippen LogP contribution in [0.4, 0.5) is 0 Å². The van der Waals surface area contributed by atoms with Crippen molar-refractivity contribution in [2.75, 3.05) is 53.0 Å². The van der Waals surface area contributed by atoms with Gasteiger partial charge >= 0.3 is 0 Å². The fourth-order valence-electron chi connectivity index (χ4n) is 4.22. The number of likely N-dealkylation sites (tertiary alicyclic amines) is 2. The molecule has 3 aliphatic rings. The van der Waals surface area contributed by atoms with Crippen LogP contribution in [0.3, 0.4) is 0 Å². The van der Waals surface area contributed by atoms with Crippen molar-refractivity contribution < 1.29 is 4.74 Å². The first kappa shape index (κ1) is 14.8. The molecule has 116 valence electrons. The average molecular weight is 281 g/mol. The zero-order valence-electron chi connectivity index (χ0n) is 13.0. The molecular weight excluding hydrogens is 250 g/mol. The minimum Gasteiger partial charge on any atom is -0.380 e. The molecule has 0 amide bonds. The molecule has 0 aromatic rings. The highest BCUT2D eigenvalue weighted by molar-refractivity contribution is 4.89. The van der Waals surface area contributed by atoms with Crippen molar-refractivity contribution in [3.8, 4) is 0 Å². The number of ether oxygens (including phenoxy) is 1. The average Bonchev–Trinajstić information content (AvgIpc) is 3.01. The summed E-state index contributed by atoms with van der Waals surface area (Å²) < 4.78 is 5.71. The third-order valence-electron chi connectivity index (χ3n) is 5.53. The third-order valence-corrected chi connectivity index (χ3v) is 5.53. The summed E-state index contributed by atoms with van der Waals surface area (Å²) in [6.45, 7) is 8.42. The van der Waals surface area contributed by atoms with Gasteiger partial charge in [-0.25, -0.2) is 0 Å². The summed E-state index contributed by atoms with van der Waals surface area (Å²) >= 11 is 0. The standard InChI is InChI=1S/C16H31N3O/c1-17-15-6-11-20-13-16(15)19-9-4-14(5-10-19)12-18-7-2-3-8-18/h14-17H,2-13H2,1H3. The Morgan fingerprint density at radius 1 is 1.05 bits per heavy atom. The molecule has 0 saturated carbocycles. The molecule has 4 heteroatoms. The molecule has 3 saturated heterocycles. The first-order valence-electron chi connectivity index (χ1n) is 8.58. The first-order valence-corrected chi connectivity index (χ1v) is 8.58. The smallest absolute Gasteiger partial charge is 0.0637 e. The van der Waals surface area contributed by atoms with E-state index in [-0.39, 0.29) is 0 Å². The van der Waals surface area contributed by atoms with Crippen LogP contribution >= 0.6 is 0 Å². The van der Waals surface area contributed by atoms with E-state index < -0.39 is 0 Å². The van der Waals surface area contributed by atoms with E-state index in [1.807, 2.05) is 0 Å². The Bertz CT molecular complexity index is 285. The van der Waals surface area contributed by atoms with Gasteiger partial charge in [-0.2, -0.15) is 0 Å². The Hall–Kier alpha value is -0.160. The number of hydrogen-bond acceptors (Lipinski definition) is 4. The normalized spacial score (nSPS) is 34.6. The van der Waals surface area contributed by atoms with Gasteiger partial charge in [0.2, 0.25) is 0 Å². The molecule has 4 nitrogen and oxygen atoms in total. The molecule has 0 aromatic heterocycles. The van der Waals surface area contributed by atoms with E-state index in [0.29, 0.717) is 12.1 Å². The second-order valence-corrected chi connectivity index (χ2v) is 6.81. The highest BCUT2D eigenvalue weighted by Gasteiger charge is 2.32. The second-order valence-electron chi connectivity index (χ2n) is 6.81. The Kier molecular flexibility index (Phi) is 5.32. The van der Waals surface area contributed by atoms with Gasteiger partial charge in [-0.05, 0) is 71.2 Å². The summed E-state index contributed by atoms with van der Waals surface area (Å²) in [7, 11) is 2.10. The highest BCUT2D eigenvalue weighted by Crippen LogP contribution is 2.24. The second kappa shape index (κ2) is 7.21. The minimum absolute atomic E-state index is 0.599. The van der Waals surface area contributed by atoms with Crippen LogP contribution in [0, 0.1) is 5.92 Å². The third kappa shape index (κ3) is 3.53. The molecule has 0 aliphatic carbocycles. The van der Waals surface area contributed by atoms with Gasteiger partial charge in [-0.15, -0.1) is 0 Å². The van der Waals surface area contributed by atoms with Gasteiger partial charge in [0.15, 0.2) is 0 Å². The minimum atomic E-state index is 0.599. The number of nitrogens with zero attached hydrogens (tertiary/aromatic N) is 2. The number of hydrogen-bond donors (Lipinski definition) is 1. The van der Waals surface area contributed by atoms with Crippen molar-refractivity contribution in [1.29, 1.82) is 0 Å². The predicted octanol–water partition coefficient (Wildman–Crippen LogP) is 1.17. The van der Waals surface area contributed by atoms with Crippen LogP contribution in [0.2, 0.25) is 0 Å². The fraction of sp³-hybridized carbons (Fsp3) is 1.00. The maximum atomic E-state index is 5.71. The molecule has 20 heavy (non-hydrogen) atoms. The Labute approximate surface area is 123 Å². The summed E-state index contributed by atoms with van der Waals surface area (Å²) in [6, 6.07) is 1.22. The molecular formula is C16H31N3O. The van der Waals surface area contributed by atoms with E-state index in [4.69, 9.17) is 4.74 Å². The van der Waals surface area contributed by atoms with E-state index in [2.05, 4.69) is 22.2 Å². The van der Waals surface area contributed by atoms with Crippen molar-refractivity contribution in [3.05, 3.63) is 0 Å². The lowest BCUT2D eigenvalue weighted by Gasteiger charge is -2.43. The fourth-order valence-corrected chi connectivity index (χ4v) is 4.22. The van der Waals surface area contributed by atoms with Gasteiger partial charge < -0.3 is 15.0 Å². The van der Waals surface area contributed by atoms with Gasteiger partial charge in [0, 0.05) is 25.2 Å². The van der Waals surface area contributed by atoms with Crippen LogP contribution < -0.4 is 5.32 Å². The van der Waals surface area contributed by atoms with Gasteiger partial charge in [-0.1, -0.05) is 0 Å². The summed E-state index contributed by atoms with van der Waals surface area (Å²) in [5.74, 6) is 0.932. The summed E-state index contributed by atoms with van der Waals surface area (Å²) in [6.07, 6.45) is 6.76. The molecule has 2 unspecified atom stereocenters. The number of piperidine rings is 1. The maximum absolute atomic E-state index is 5.71. The summed E-state index contributed by atoms with van der Waals surface area (Å²) in [5.41, 5.74) is 0. The molecule has 3 aliphatic heterocycles. The largest absolute Gasteiger partial charge is 0.380 e. The van der Waals surface area contributed by atoms with Gasteiger partial charge in [0.05, 0.1) is 6.61 Å². The molecule has 3 fully saturated rings. The molecule has 3 heterocycles. The number of likely N-dealkylation sites (N-methyl/N-ethyl adjacent to an activating group) is 1. The first-order chi connectivity index (χ1) is 9.86. The Morgan fingerprint density at radius 2 is 1.80 bits per heavy atom. The van der Waals surface area contributed by atoms with E-state index in [9.17, 15) is 0 Å². The summed E-state index contributed by atoms with van der Waals surface area (Å²) in [4.78, 5) is 5.36. The molecule has 0 aromatic carbocycles. The Balaban J connectivity index is 1.45. The van der Waals surface area contributed by atoms with Crippen LogP contribution in [0.25, 0.3) is 0 Å².